The highest BCUT2D eigenvalue weighted by Crippen LogP contribution is 1.60. The fourth-order valence-corrected chi connectivity index (χ4v) is 0.141. The van der Waals surface area contributed by atoms with Crippen molar-refractivity contribution in [1.29, 1.82) is 0 Å². The van der Waals surface area contributed by atoms with Gasteiger partial charge in [-0.25, -0.2) is 0 Å². The normalized spacial score (nSPS) is 13.6. The molecule has 0 aromatic rings. The first kappa shape index (κ1) is 3.88. The number of carboxylic acid groups (broad SMARTS) is 1. The molecule has 4 nitrogen and oxygen atoms in total. The van der Waals surface area contributed by atoms with Crippen molar-refractivity contribution in [3.05, 3.63) is 0 Å². The lowest BCUT2D eigenvalue weighted by molar-refractivity contribution is -0.137. The van der Waals surface area contributed by atoms with Gasteiger partial charge in [-0.15, -0.1) is 0 Å². The summed E-state index contributed by atoms with van der Waals surface area (Å²) in [6.45, 7) is -1.62. The van der Waals surface area contributed by atoms with E-state index < -0.39 is 18.4 Å². The maximum Gasteiger partial charge on any atom is 0.322 e. The fourth-order valence-electron chi connectivity index (χ4n) is 0.141. The summed E-state index contributed by atoms with van der Waals surface area (Å²) in [5.41, 5.74) is 0. The largest absolute Gasteiger partial charge is 0.480 e. The van der Waals surface area contributed by atoms with Gasteiger partial charge in [0.15, 0.2) is 0 Å². The zero-order chi connectivity index (χ0) is 8.36. The zero-order valence-electron chi connectivity index (χ0n) is 6.26. The standard InChI is InChI=1S/C4H7NO3/c1-3(6)5-2-4(7)8/h2H2,1H3,(H,5,6)(H,7,8)/i2D2. The molecule has 0 aliphatic rings. The van der Waals surface area contributed by atoms with E-state index in [0.29, 0.717) is 0 Å². The molecule has 0 unspecified atom stereocenters. The SMILES string of the molecule is [2H]C([2H])(NC(C)=O)C(=O)O. The van der Waals surface area contributed by atoms with E-state index in [1.165, 1.54) is 0 Å². The lowest BCUT2D eigenvalue weighted by atomic mass is 10.6. The van der Waals surface area contributed by atoms with Crippen LogP contribution in [0.15, 0.2) is 0 Å². The molecule has 2 N–H and O–H groups in total. The van der Waals surface area contributed by atoms with E-state index in [0.717, 1.165) is 6.92 Å². The summed E-state index contributed by atoms with van der Waals surface area (Å²) < 4.78 is 13.3. The Labute approximate surface area is 49.3 Å². The van der Waals surface area contributed by atoms with Crippen LogP contribution in [0.2, 0.25) is 0 Å². The smallest absolute Gasteiger partial charge is 0.322 e. The van der Waals surface area contributed by atoms with Crippen molar-refractivity contribution in [2.75, 3.05) is 6.50 Å². The maximum atomic E-state index is 10.1. The summed E-state index contributed by atoms with van der Waals surface area (Å²) in [7, 11) is 0. The second-order valence-electron chi connectivity index (χ2n) is 1.11. The van der Waals surface area contributed by atoms with Crippen molar-refractivity contribution in [1.82, 2.24) is 5.32 Å². The average Bonchev–Trinajstić information content (AvgIpc) is 1.60. The Morgan fingerprint density at radius 1 is 1.88 bits per heavy atom. The summed E-state index contributed by atoms with van der Waals surface area (Å²) in [6.07, 6.45) is 0. The molecule has 0 radical (unpaired) electrons. The van der Waals surface area contributed by atoms with E-state index in [2.05, 4.69) is 0 Å². The Balaban J connectivity index is 4.13. The van der Waals surface area contributed by atoms with Gasteiger partial charge < -0.3 is 10.4 Å². The van der Waals surface area contributed by atoms with Gasteiger partial charge in [0.1, 0.15) is 6.50 Å². The minimum absolute atomic E-state index is 0.715. The van der Waals surface area contributed by atoms with Crippen molar-refractivity contribution >= 4 is 11.9 Å². The van der Waals surface area contributed by atoms with Crippen LogP contribution in [-0.4, -0.2) is 23.5 Å². The Hall–Kier alpha value is -1.06. The van der Waals surface area contributed by atoms with Crippen LogP contribution < -0.4 is 5.32 Å². The van der Waals surface area contributed by atoms with Crippen molar-refractivity contribution in [2.24, 2.45) is 0 Å². The predicted molar refractivity (Wildman–Crippen MR) is 26.3 cm³/mol. The predicted octanol–water partition coefficient (Wildman–Crippen LogP) is -0.793. The van der Waals surface area contributed by atoms with Crippen LogP contribution in [0.4, 0.5) is 0 Å². The number of carbonyl (C=O) groups excluding carboxylic acids is 1. The first-order chi connectivity index (χ1) is 4.36. The van der Waals surface area contributed by atoms with Crippen molar-refractivity contribution in [3.8, 4) is 0 Å². The molecule has 0 fully saturated rings. The lowest BCUT2D eigenvalue weighted by Gasteiger charge is -1.92. The van der Waals surface area contributed by atoms with Crippen molar-refractivity contribution in [3.63, 3.8) is 0 Å². The number of nitrogens with one attached hydrogen (secondary N) is 1. The van der Waals surface area contributed by atoms with Crippen LogP contribution >= 0.6 is 0 Å². The average molecular weight is 119 g/mol. The first-order valence-electron chi connectivity index (χ1n) is 2.88. The molecular weight excluding hydrogens is 110 g/mol. The van der Waals surface area contributed by atoms with Gasteiger partial charge in [0.2, 0.25) is 5.91 Å². The van der Waals surface area contributed by atoms with Crippen LogP contribution in [-0.2, 0) is 9.59 Å². The molecule has 1 amide bonds. The minimum atomic E-state index is -2.66. The number of carboxylic acids is 1. The molecule has 0 saturated heterocycles. The highest BCUT2D eigenvalue weighted by atomic mass is 16.4. The van der Waals surface area contributed by atoms with E-state index in [-0.39, 0.29) is 0 Å². The molecule has 4 heteroatoms. The summed E-state index contributed by atoms with van der Waals surface area (Å²) >= 11 is 0. The van der Waals surface area contributed by atoms with Crippen LogP contribution in [0.3, 0.4) is 0 Å². The number of rotatable bonds is 2. The summed E-state index contributed by atoms with van der Waals surface area (Å²) in [4.78, 5) is 20.1. The van der Waals surface area contributed by atoms with Gasteiger partial charge in [-0.05, 0) is 0 Å². The quantitative estimate of drug-likeness (QED) is 0.500. The zero-order valence-corrected chi connectivity index (χ0v) is 4.26. The summed E-state index contributed by atoms with van der Waals surface area (Å²) in [5.74, 6) is -2.42. The molecule has 46 valence electrons. The molecule has 0 saturated carbocycles. The van der Waals surface area contributed by atoms with Gasteiger partial charge in [-0.3, -0.25) is 9.59 Å². The van der Waals surface area contributed by atoms with Gasteiger partial charge in [0, 0.05) is 6.92 Å². The van der Waals surface area contributed by atoms with E-state index >= 15 is 0 Å². The Morgan fingerprint density at radius 2 is 2.38 bits per heavy atom. The minimum Gasteiger partial charge on any atom is -0.480 e. The summed E-state index contributed by atoms with van der Waals surface area (Å²) in [5, 5.41) is 9.71. The second-order valence-corrected chi connectivity index (χ2v) is 1.11. The molecule has 0 bridgehead atoms. The molecular formula is C4H7NO3. The molecule has 0 rings (SSSR count). The van der Waals surface area contributed by atoms with Gasteiger partial charge >= 0.3 is 5.97 Å². The van der Waals surface area contributed by atoms with Gasteiger partial charge in [-0.2, -0.15) is 0 Å². The fraction of sp³-hybridized carbons (Fsp3) is 0.500. The third kappa shape index (κ3) is 4.94. The number of amides is 1. The van der Waals surface area contributed by atoms with E-state index in [1.807, 2.05) is 0 Å². The summed E-state index contributed by atoms with van der Waals surface area (Å²) in [6, 6.07) is 0. The lowest BCUT2D eigenvalue weighted by Crippen LogP contribution is -2.26. The van der Waals surface area contributed by atoms with Gasteiger partial charge in [-0.1, -0.05) is 0 Å². The van der Waals surface area contributed by atoms with Crippen LogP contribution in [0.25, 0.3) is 0 Å². The van der Waals surface area contributed by atoms with E-state index in [4.69, 9.17) is 7.85 Å². The molecule has 0 aliphatic heterocycles. The third-order valence-electron chi connectivity index (χ3n) is 0.345. The molecule has 0 aromatic carbocycles. The van der Waals surface area contributed by atoms with E-state index in [1.54, 1.807) is 5.32 Å². The molecule has 8 heavy (non-hydrogen) atoms. The van der Waals surface area contributed by atoms with Crippen molar-refractivity contribution < 1.29 is 17.4 Å². The van der Waals surface area contributed by atoms with Crippen molar-refractivity contribution in [2.45, 2.75) is 6.92 Å². The molecule has 0 heterocycles. The second kappa shape index (κ2) is 3.01. The number of hydrogen-bond donors (Lipinski definition) is 2. The van der Waals surface area contributed by atoms with Crippen LogP contribution in [0, 0.1) is 0 Å². The Bertz CT molecular complexity index is 168. The molecule has 0 aliphatic carbocycles. The Morgan fingerprint density at radius 3 is 2.50 bits per heavy atom. The molecule has 0 aromatic heterocycles. The number of hydrogen-bond acceptors (Lipinski definition) is 2. The number of aliphatic carboxylic acids is 1. The third-order valence-corrected chi connectivity index (χ3v) is 0.345. The first-order valence-corrected chi connectivity index (χ1v) is 1.88. The highest BCUT2D eigenvalue weighted by molar-refractivity contribution is 5.79. The van der Waals surface area contributed by atoms with Crippen LogP contribution in [0.5, 0.6) is 0 Å². The van der Waals surface area contributed by atoms with E-state index in [9.17, 15) is 9.59 Å². The molecule has 0 atom stereocenters. The van der Waals surface area contributed by atoms with Gasteiger partial charge in [0.05, 0.1) is 2.74 Å². The maximum absolute atomic E-state index is 10.1. The van der Waals surface area contributed by atoms with Gasteiger partial charge in [0.25, 0.3) is 0 Å². The van der Waals surface area contributed by atoms with Crippen LogP contribution in [0.1, 0.15) is 9.67 Å². The number of carbonyl (C=O) groups is 2. The molecule has 0 spiro atoms. The Kier molecular flexibility index (Phi) is 1.46. The topological polar surface area (TPSA) is 66.4 Å². The monoisotopic (exact) mass is 119 g/mol. The highest BCUT2D eigenvalue weighted by Gasteiger charge is 1.94.